The van der Waals surface area contributed by atoms with Crippen molar-refractivity contribution in [3.8, 4) is 0 Å². The number of aliphatic hydroxyl groups is 2. The molecule has 0 heterocycles. The van der Waals surface area contributed by atoms with Gasteiger partial charge in [-0.05, 0) is 104 Å². The predicted octanol–water partition coefficient (Wildman–Crippen LogP) is 5.11. The van der Waals surface area contributed by atoms with Crippen molar-refractivity contribution in [2.45, 2.75) is 104 Å². The summed E-state index contributed by atoms with van der Waals surface area (Å²) in [6.45, 7) is 9.44. The molecule has 0 aromatic rings. The van der Waals surface area contributed by atoms with E-state index in [4.69, 9.17) is 5.11 Å². The average molecular weight is 421 g/mol. The van der Waals surface area contributed by atoms with E-state index >= 15 is 0 Å². The molecular weight excluding hydrogens is 376 g/mol. The van der Waals surface area contributed by atoms with Crippen LogP contribution in [0.4, 0.5) is 0 Å². The molecule has 0 amide bonds. The Morgan fingerprint density at radius 2 is 1.67 bits per heavy atom. The lowest BCUT2D eigenvalue weighted by Crippen LogP contribution is -2.62. The van der Waals surface area contributed by atoms with Crippen molar-refractivity contribution in [1.29, 1.82) is 0 Å². The second kappa shape index (κ2) is 8.06. The highest BCUT2D eigenvalue weighted by Gasteiger charge is 2.64. The Kier molecular flexibility index (Phi) is 6.07. The molecule has 0 bridgehead atoms. The van der Waals surface area contributed by atoms with Crippen LogP contribution in [0.2, 0.25) is 0 Å². The molecule has 4 rings (SSSR count). The van der Waals surface area contributed by atoms with Crippen LogP contribution >= 0.6 is 0 Å². The number of carboxylic acids is 1. The zero-order valence-electron chi connectivity index (χ0n) is 19.5. The molecule has 4 heteroatoms. The van der Waals surface area contributed by atoms with E-state index in [1.807, 2.05) is 0 Å². The average Bonchev–Trinajstić information content (AvgIpc) is 3.05. The third-order valence-corrected chi connectivity index (χ3v) is 11.0. The molecule has 4 aliphatic carbocycles. The highest BCUT2D eigenvalue weighted by molar-refractivity contribution is 5.66. The molecule has 30 heavy (non-hydrogen) atoms. The van der Waals surface area contributed by atoms with E-state index < -0.39 is 5.97 Å². The van der Waals surface area contributed by atoms with Gasteiger partial charge in [-0.25, -0.2) is 0 Å². The number of hydrogen-bond acceptors (Lipinski definition) is 3. The smallest absolute Gasteiger partial charge is 0.303 e. The number of aliphatic carboxylic acids is 1. The fraction of sp³-hybridized carbons (Fsp3) is 0.962. The number of hydrogen-bond donors (Lipinski definition) is 3. The van der Waals surface area contributed by atoms with Crippen LogP contribution in [0.25, 0.3) is 0 Å². The van der Waals surface area contributed by atoms with Crippen LogP contribution in [0, 0.1) is 52.3 Å². The van der Waals surface area contributed by atoms with Gasteiger partial charge in [0.15, 0.2) is 0 Å². The number of rotatable bonds is 5. The minimum atomic E-state index is -0.683. The summed E-state index contributed by atoms with van der Waals surface area (Å²) in [5.41, 5.74) is 0.480. The van der Waals surface area contributed by atoms with Gasteiger partial charge in [-0.1, -0.05) is 34.1 Å². The van der Waals surface area contributed by atoms with E-state index in [0.717, 1.165) is 32.1 Å². The lowest BCUT2D eigenvalue weighted by molar-refractivity contribution is -0.203. The normalized spacial score (nSPS) is 51.5. The fourth-order valence-electron chi connectivity index (χ4n) is 9.48. The van der Waals surface area contributed by atoms with Gasteiger partial charge in [-0.15, -0.1) is 0 Å². The molecule has 4 nitrogen and oxygen atoms in total. The van der Waals surface area contributed by atoms with Crippen LogP contribution in [0.15, 0.2) is 0 Å². The van der Waals surface area contributed by atoms with Crippen molar-refractivity contribution in [2.24, 2.45) is 52.3 Å². The molecule has 4 saturated carbocycles. The Hall–Kier alpha value is -0.610. The number of carboxylic acid groups (broad SMARTS) is 1. The summed E-state index contributed by atoms with van der Waals surface area (Å²) >= 11 is 0. The maximum absolute atomic E-state index is 11.7. The van der Waals surface area contributed by atoms with Gasteiger partial charge < -0.3 is 15.3 Å². The maximum atomic E-state index is 11.7. The predicted molar refractivity (Wildman–Crippen MR) is 118 cm³/mol. The fourth-order valence-corrected chi connectivity index (χ4v) is 9.48. The second-order valence-electron chi connectivity index (χ2n) is 12.0. The maximum Gasteiger partial charge on any atom is 0.303 e. The molecular formula is C26H44O4. The summed E-state index contributed by atoms with van der Waals surface area (Å²) in [4.78, 5) is 11.1. The minimum absolute atomic E-state index is 0.194. The van der Waals surface area contributed by atoms with E-state index in [1.54, 1.807) is 0 Å². The third-order valence-electron chi connectivity index (χ3n) is 11.0. The summed E-state index contributed by atoms with van der Waals surface area (Å²) in [6, 6.07) is 0. The Morgan fingerprint density at radius 3 is 2.33 bits per heavy atom. The topological polar surface area (TPSA) is 77.8 Å². The molecule has 0 aromatic heterocycles. The molecule has 3 N–H and O–H groups in total. The van der Waals surface area contributed by atoms with Gasteiger partial charge in [0.25, 0.3) is 0 Å². The van der Waals surface area contributed by atoms with E-state index in [0.29, 0.717) is 41.4 Å². The summed E-state index contributed by atoms with van der Waals surface area (Å²) in [7, 11) is 0. The Morgan fingerprint density at radius 1 is 1.00 bits per heavy atom. The molecule has 4 aliphatic rings. The van der Waals surface area contributed by atoms with Gasteiger partial charge in [0.1, 0.15) is 0 Å². The molecule has 2 unspecified atom stereocenters. The Labute approximate surface area is 182 Å². The van der Waals surface area contributed by atoms with Crippen molar-refractivity contribution in [1.82, 2.24) is 0 Å². The monoisotopic (exact) mass is 420 g/mol. The Balaban J connectivity index is 1.61. The quantitative estimate of drug-likeness (QED) is 0.577. The van der Waals surface area contributed by atoms with E-state index in [1.165, 1.54) is 25.7 Å². The highest BCUT2D eigenvalue weighted by atomic mass is 16.4. The SMILES string of the molecule is CCC1[C@@H](O)[C@@H]2[C@H](CC[C@]3(C)[C@@H](C(C)CCC(=O)O)CC[C@@H]23)[C@@]2(C)CC[C@@H](O)C[C@@H]12. The standard InChI is InChI=1S/C26H44O4/c1-5-17-21-14-16(27)10-12-26(21,4)20-11-13-25(3)18(15(2)6-9-22(28)29)7-8-19(25)23(20)24(17)30/h15-21,23-24,27,30H,5-14H2,1-4H3,(H,28,29)/t15?,16-,17?,18-,19+,20+,21+,23+,24-,25-,26-/m1/s1. The van der Waals surface area contributed by atoms with Crippen molar-refractivity contribution >= 4 is 5.97 Å². The number of fused-ring (bicyclic) bond motifs is 5. The summed E-state index contributed by atoms with van der Waals surface area (Å²) in [5, 5.41) is 31.3. The zero-order valence-corrected chi connectivity index (χ0v) is 19.5. The van der Waals surface area contributed by atoms with E-state index in [9.17, 15) is 15.0 Å². The second-order valence-corrected chi connectivity index (χ2v) is 12.0. The van der Waals surface area contributed by atoms with Crippen molar-refractivity contribution < 1.29 is 20.1 Å². The number of aliphatic hydroxyl groups excluding tert-OH is 2. The van der Waals surface area contributed by atoms with Gasteiger partial charge in [-0.2, -0.15) is 0 Å². The van der Waals surface area contributed by atoms with Gasteiger partial charge in [0.2, 0.25) is 0 Å². The molecule has 0 saturated heterocycles. The molecule has 4 fully saturated rings. The summed E-state index contributed by atoms with van der Waals surface area (Å²) in [6.07, 6.45) is 9.27. The van der Waals surface area contributed by atoms with Gasteiger partial charge in [-0.3, -0.25) is 4.79 Å². The van der Waals surface area contributed by atoms with Gasteiger partial charge >= 0.3 is 5.97 Å². The first-order valence-electron chi connectivity index (χ1n) is 12.7. The van der Waals surface area contributed by atoms with Crippen LogP contribution in [0.3, 0.4) is 0 Å². The van der Waals surface area contributed by atoms with Crippen molar-refractivity contribution in [3.63, 3.8) is 0 Å². The van der Waals surface area contributed by atoms with Crippen LogP contribution in [-0.4, -0.2) is 33.5 Å². The molecule has 0 spiro atoms. The van der Waals surface area contributed by atoms with Crippen LogP contribution in [-0.2, 0) is 4.79 Å². The molecule has 11 atom stereocenters. The zero-order chi connectivity index (χ0) is 21.8. The van der Waals surface area contributed by atoms with E-state index in [-0.39, 0.29) is 29.5 Å². The van der Waals surface area contributed by atoms with Crippen molar-refractivity contribution in [2.75, 3.05) is 0 Å². The van der Waals surface area contributed by atoms with Crippen LogP contribution < -0.4 is 0 Å². The summed E-state index contributed by atoms with van der Waals surface area (Å²) in [5.74, 6) is 2.58. The molecule has 172 valence electrons. The van der Waals surface area contributed by atoms with Gasteiger partial charge in [0.05, 0.1) is 12.2 Å². The first kappa shape index (κ1) is 22.6. The highest BCUT2D eigenvalue weighted by Crippen LogP contribution is 2.69. The molecule has 0 radical (unpaired) electrons. The molecule has 0 aliphatic heterocycles. The third kappa shape index (κ3) is 3.36. The van der Waals surface area contributed by atoms with Crippen LogP contribution in [0.1, 0.15) is 91.9 Å². The van der Waals surface area contributed by atoms with E-state index in [2.05, 4.69) is 27.7 Å². The summed E-state index contributed by atoms with van der Waals surface area (Å²) < 4.78 is 0. The Bertz CT molecular complexity index is 649. The first-order valence-corrected chi connectivity index (χ1v) is 12.7. The minimum Gasteiger partial charge on any atom is -0.481 e. The number of carbonyl (C=O) groups is 1. The molecule has 0 aromatic carbocycles. The largest absolute Gasteiger partial charge is 0.481 e. The van der Waals surface area contributed by atoms with Crippen LogP contribution in [0.5, 0.6) is 0 Å². The lowest BCUT2D eigenvalue weighted by Gasteiger charge is -2.64. The van der Waals surface area contributed by atoms with Gasteiger partial charge in [0, 0.05) is 6.42 Å². The lowest BCUT2D eigenvalue weighted by atomic mass is 9.41. The first-order chi connectivity index (χ1) is 14.1. The van der Waals surface area contributed by atoms with Crippen molar-refractivity contribution in [3.05, 3.63) is 0 Å².